The van der Waals surface area contributed by atoms with E-state index in [1.54, 1.807) is 6.08 Å². The average molecular weight is 569 g/mol. The number of rotatable bonds is 10. The van der Waals surface area contributed by atoms with Crippen molar-refractivity contribution in [1.82, 2.24) is 0 Å². The second-order valence-electron chi connectivity index (χ2n) is 13.6. The quantitative estimate of drug-likeness (QED) is 0.203. The van der Waals surface area contributed by atoms with Gasteiger partial charge in [-0.15, -0.1) is 0 Å². The van der Waals surface area contributed by atoms with Gasteiger partial charge in [0.2, 0.25) is 0 Å². The molecule has 0 aromatic heterocycles. The lowest BCUT2D eigenvalue weighted by molar-refractivity contribution is 0.116. The Bertz CT molecular complexity index is 1300. The van der Waals surface area contributed by atoms with Crippen LogP contribution in [-0.2, 0) is 0 Å². The molecule has 0 heterocycles. The third kappa shape index (κ3) is 11.3. The van der Waals surface area contributed by atoms with Gasteiger partial charge in [0, 0.05) is 0 Å². The summed E-state index contributed by atoms with van der Waals surface area (Å²) in [6.45, 7) is 21.6. The normalized spacial score (nSPS) is 23.5. The smallest absolute Gasteiger partial charge is 0.118 e. The van der Waals surface area contributed by atoms with Crippen molar-refractivity contribution in [3.8, 4) is 0 Å². The Labute approximate surface area is 257 Å². The van der Waals surface area contributed by atoms with E-state index in [1.807, 2.05) is 31.2 Å². The fourth-order valence-electron chi connectivity index (χ4n) is 5.97. The zero-order chi connectivity index (χ0) is 31.5. The van der Waals surface area contributed by atoms with Crippen LogP contribution in [0.3, 0.4) is 0 Å². The van der Waals surface area contributed by atoms with Crippen molar-refractivity contribution >= 4 is 0 Å². The van der Waals surface area contributed by atoms with Gasteiger partial charge in [-0.25, -0.2) is 0 Å². The Hall–Kier alpha value is -3.10. The van der Waals surface area contributed by atoms with Gasteiger partial charge in [0.1, 0.15) is 5.76 Å². The predicted octanol–water partition coefficient (Wildman–Crippen LogP) is 11.5. The van der Waals surface area contributed by atoms with Crippen LogP contribution < -0.4 is 0 Å². The molecule has 0 amide bonds. The molecular weight excluding hydrogens is 512 g/mol. The Morgan fingerprint density at radius 1 is 0.690 bits per heavy atom. The van der Waals surface area contributed by atoms with E-state index >= 15 is 0 Å². The van der Waals surface area contributed by atoms with Crippen LogP contribution in [0.4, 0.5) is 0 Å². The van der Waals surface area contributed by atoms with Crippen LogP contribution in [0.25, 0.3) is 0 Å². The molecule has 2 rings (SSSR count). The number of allylic oxidation sites excluding steroid dienone is 20. The van der Waals surface area contributed by atoms with Crippen molar-refractivity contribution in [1.29, 1.82) is 0 Å². The minimum Gasteiger partial charge on any atom is -0.508 e. The van der Waals surface area contributed by atoms with E-state index in [9.17, 15) is 10.2 Å². The van der Waals surface area contributed by atoms with Crippen molar-refractivity contribution in [2.24, 2.45) is 10.8 Å². The maximum atomic E-state index is 10.5. The lowest BCUT2D eigenvalue weighted by Crippen LogP contribution is -2.28. The Morgan fingerprint density at radius 2 is 1.24 bits per heavy atom. The van der Waals surface area contributed by atoms with Crippen LogP contribution in [0, 0.1) is 10.8 Å². The zero-order valence-corrected chi connectivity index (χ0v) is 28.0. The van der Waals surface area contributed by atoms with Crippen LogP contribution in [0.1, 0.15) is 101 Å². The summed E-state index contributed by atoms with van der Waals surface area (Å²) < 4.78 is 0. The molecule has 0 saturated heterocycles. The van der Waals surface area contributed by atoms with Crippen LogP contribution in [0.5, 0.6) is 0 Å². The second-order valence-corrected chi connectivity index (χ2v) is 13.6. The highest BCUT2D eigenvalue weighted by Crippen LogP contribution is 2.42. The molecule has 0 aromatic rings. The first-order chi connectivity index (χ1) is 19.6. The van der Waals surface area contributed by atoms with E-state index in [0.717, 1.165) is 29.6 Å². The van der Waals surface area contributed by atoms with Gasteiger partial charge >= 0.3 is 0 Å². The predicted molar refractivity (Wildman–Crippen MR) is 184 cm³/mol. The molecule has 2 nitrogen and oxygen atoms in total. The first-order valence-electron chi connectivity index (χ1n) is 15.5. The minimum atomic E-state index is -0.234. The molecule has 42 heavy (non-hydrogen) atoms. The molecule has 0 spiro atoms. The van der Waals surface area contributed by atoms with Crippen LogP contribution in [-0.4, -0.2) is 16.3 Å². The molecule has 0 aliphatic heterocycles. The first-order valence-corrected chi connectivity index (χ1v) is 15.5. The third-order valence-corrected chi connectivity index (χ3v) is 8.49. The first kappa shape index (κ1) is 35.1. The Morgan fingerprint density at radius 3 is 1.86 bits per heavy atom. The van der Waals surface area contributed by atoms with E-state index in [1.165, 1.54) is 47.1 Å². The summed E-state index contributed by atoms with van der Waals surface area (Å²) in [4.78, 5) is 0. The topological polar surface area (TPSA) is 40.5 Å². The van der Waals surface area contributed by atoms with Crippen molar-refractivity contribution in [2.45, 2.75) is 107 Å². The maximum absolute atomic E-state index is 10.5. The van der Waals surface area contributed by atoms with Crippen LogP contribution in [0.2, 0.25) is 0 Å². The van der Waals surface area contributed by atoms with Gasteiger partial charge < -0.3 is 10.2 Å². The van der Waals surface area contributed by atoms with Gasteiger partial charge in [-0.2, -0.15) is 0 Å². The summed E-state index contributed by atoms with van der Waals surface area (Å²) in [7, 11) is 0. The molecule has 228 valence electrons. The highest BCUT2D eigenvalue weighted by atomic mass is 16.3. The zero-order valence-electron chi connectivity index (χ0n) is 28.0. The molecule has 0 aromatic carbocycles. The van der Waals surface area contributed by atoms with Gasteiger partial charge in [-0.05, 0) is 107 Å². The van der Waals surface area contributed by atoms with E-state index < -0.39 is 0 Å². The molecule has 0 bridgehead atoms. The number of aliphatic hydroxyl groups excluding tert-OH is 2. The highest BCUT2D eigenvalue weighted by Gasteiger charge is 2.31. The molecule has 2 aliphatic carbocycles. The second kappa shape index (κ2) is 15.9. The Kier molecular flexibility index (Phi) is 13.3. The van der Waals surface area contributed by atoms with Crippen molar-refractivity contribution in [2.75, 3.05) is 0 Å². The van der Waals surface area contributed by atoms with Crippen molar-refractivity contribution < 1.29 is 10.2 Å². The molecule has 2 N–H and O–H groups in total. The number of aliphatic hydroxyl groups is 2. The molecule has 0 radical (unpaired) electrons. The standard InChI is InChI=1S/C40H56O2/c1-29(16-13-17-30(2)20-24-37-34(6)27-35(41)28-40(37,9)10)15-11-12-18-33(5)38(42)25-22-31(3)21-23-36-32(4)19-14-26-39(36,7)8/h11-13,15-18,20-25,35,41-42H,14,19,26-28H2,1-10H3/b12-11+,16-13+,23-21+,24-20+,29-15+,30-17+,31-22+,33-18+,38-25-. The summed E-state index contributed by atoms with van der Waals surface area (Å²) in [5, 5.41) is 20.6. The van der Waals surface area contributed by atoms with Gasteiger partial charge in [0.05, 0.1) is 6.10 Å². The third-order valence-electron chi connectivity index (χ3n) is 8.49. The fourth-order valence-corrected chi connectivity index (χ4v) is 5.97. The molecule has 0 fully saturated rings. The van der Waals surface area contributed by atoms with Crippen LogP contribution >= 0.6 is 0 Å². The van der Waals surface area contributed by atoms with Crippen molar-refractivity contribution in [3.63, 3.8) is 0 Å². The van der Waals surface area contributed by atoms with Gasteiger partial charge in [-0.1, -0.05) is 128 Å². The summed E-state index contributed by atoms with van der Waals surface area (Å²) in [5.41, 5.74) is 10.0. The monoisotopic (exact) mass is 568 g/mol. The largest absolute Gasteiger partial charge is 0.508 e. The average Bonchev–Trinajstić information content (AvgIpc) is 2.87. The summed E-state index contributed by atoms with van der Waals surface area (Å²) in [6, 6.07) is 0. The van der Waals surface area contributed by atoms with Crippen molar-refractivity contribution in [3.05, 3.63) is 129 Å². The SMILES string of the molecule is CC1=C(/C=C/C(C)=C/C=C(O)/C(C)=C/C=C/C=C(C)/C=C/C=C(C)/C=C/C2=C(C)CC(O)CC2(C)C)C(C)(C)CCC1. The molecule has 2 heteroatoms. The van der Waals surface area contributed by atoms with E-state index in [4.69, 9.17) is 0 Å². The molecule has 1 unspecified atom stereocenters. The maximum Gasteiger partial charge on any atom is 0.118 e. The summed E-state index contributed by atoms with van der Waals surface area (Å²) in [6.07, 6.45) is 31.8. The molecule has 2 aliphatic rings. The molecule has 0 saturated carbocycles. The van der Waals surface area contributed by atoms with E-state index in [-0.39, 0.29) is 22.7 Å². The van der Waals surface area contributed by atoms with Gasteiger partial charge in [0.25, 0.3) is 0 Å². The molecule has 1 atom stereocenters. The number of hydrogen-bond acceptors (Lipinski definition) is 2. The Balaban J connectivity index is 1.95. The van der Waals surface area contributed by atoms with Gasteiger partial charge in [0.15, 0.2) is 0 Å². The lowest BCUT2D eigenvalue weighted by Gasteiger charge is -2.35. The van der Waals surface area contributed by atoms with Gasteiger partial charge in [-0.3, -0.25) is 0 Å². The molecular formula is C40H56O2. The fraction of sp³-hybridized carbons (Fsp3) is 0.450. The summed E-state index contributed by atoms with van der Waals surface area (Å²) >= 11 is 0. The van der Waals surface area contributed by atoms with Crippen LogP contribution in [0.15, 0.2) is 129 Å². The van der Waals surface area contributed by atoms with E-state index in [0.29, 0.717) is 0 Å². The number of hydrogen-bond donors (Lipinski definition) is 2. The lowest BCUT2D eigenvalue weighted by atomic mass is 9.71. The summed E-state index contributed by atoms with van der Waals surface area (Å²) in [5.74, 6) is 0.272. The minimum absolute atomic E-state index is 0.00430. The highest BCUT2D eigenvalue weighted by molar-refractivity contribution is 5.39. The van der Waals surface area contributed by atoms with E-state index in [2.05, 4.69) is 111 Å².